The van der Waals surface area contributed by atoms with Gasteiger partial charge >= 0.3 is 0 Å². The summed E-state index contributed by atoms with van der Waals surface area (Å²) in [4.78, 5) is 0. The molecule has 0 atom stereocenters. The standard InChI is InChI=1S/C13H9NO/c1-2-6-10(7-3-1)13-14-11-8-4-5-9-12(11)15-13/h1-7,9,14H. The summed E-state index contributed by atoms with van der Waals surface area (Å²) in [7, 11) is 0. The van der Waals surface area contributed by atoms with Crippen LogP contribution in [0.5, 0.6) is 5.75 Å². The predicted molar refractivity (Wildman–Crippen MR) is 58.3 cm³/mol. The van der Waals surface area contributed by atoms with Gasteiger partial charge in [0, 0.05) is 11.6 Å². The maximum atomic E-state index is 5.67. The Morgan fingerprint density at radius 1 is 1.00 bits per heavy atom. The summed E-state index contributed by atoms with van der Waals surface area (Å²) < 4.78 is 5.67. The number of benzene rings is 2. The Morgan fingerprint density at radius 2 is 1.87 bits per heavy atom. The van der Waals surface area contributed by atoms with Crippen LogP contribution in [0.15, 0.2) is 48.5 Å². The van der Waals surface area contributed by atoms with Crippen molar-refractivity contribution in [3.05, 3.63) is 66.4 Å². The van der Waals surface area contributed by atoms with E-state index in [0.29, 0.717) is 0 Å². The third kappa shape index (κ3) is 1.44. The Morgan fingerprint density at radius 3 is 2.67 bits per heavy atom. The first kappa shape index (κ1) is 8.36. The molecule has 72 valence electrons. The molecular formula is C13H9NO. The van der Waals surface area contributed by atoms with E-state index in [1.54, 1.807) is 0 Å². The van der Waals surface area contributed by atoms with Crippen molar-refractivity contribution in [1.29, 1.82) is 0 Å². The molecule has 2 aromatic rings. The maximum absolute atomic E-state index is 5.67. The second kappa shape index (κ2) is 3.31. The molecule has 0 spiro atoms. The maximum Gasteiger partial charge on any atom is 0.271 e. The first-order chi connectivity index (χ1) is 7.43. The van der Waals surface area contributed by atoms with Crippen LogP contribution in [-0.4, -0.2) is 0 Å². The van der Waals surface area contributed by atoms with Gasteiger partial charge in [-0.3, -0.25) is 0 Å². The highest BCUT2D eigenvalue weighted by atomic mass is 16.5. The van der Waals surface area contributed by atoms with Crippen molar-refractivity contribution in [3.8, 4) is 5.75 Å². The number of hydrogen-bond acceptors (Lipinski definition) is 2. The van der Waals surface area contributed by atoms with E-state index in [1.807, 2.05) is 48.5 Å². The minimum atomic E-state index is 0.771. The van der Waals surface area contributed by atoms with Gasteiger partial charge in [0.1, 0.15) is 5.75 Å². The number of para-hydroxylation sites is 1. The third-order valence-electron chi connectivity index (χ3n) is 2.30. The number of ether oxygens (including phenoxy) is 1. The van der Waals surface area contributed by atoms with Crippen molar-refractivity contribution in [1.82, 2.24) is 0 Å². The average Bonchev–Trinajstić information content (AvgIpc) is 2.74. The fraction of sp³-hybridized carbons (Fsp3) is 0. The zero-order chi connectivity index (χ0) is 10.1. The van der Waals surface area contributed by atoms with Crippen LogP contribution in [0.3, 0.4) is 0 Å². The molecule has 1 aliphatic rings. The second-order valence-electron chi connectivity index (χ2n) is 3.33. The van der Waals surface area contributed by atoms with E-state index >= 15 is 0 Å². The first-order valence-corrected chi connectivity index (χ1v) is 4.81. The molecule has 0 amide bonds. The number of rotatable bonds is 1. The Kier molecular flexibility index (Phi) is 1.85. The first-order valence-electron chi connectivity index (χ1n) is 4.81. The van der Waals surface area contributed by atoms with Gasteiger partial charge in [-0.15, -0.1) is 0 Å². The number of nitrogens with one attached hydrogen (secondary N) is 1. The molecule has 0 saturated heterocycles. The van der Waals surface area contributed by atoms with Gasteiger partial charge in [-0.2, -0.15) is 0 Å². The lowest BCUT2D eigenvalue weighted by atomic mass is 10.2. The molecule has 0 aromatic heterocycles. The quantitative estimate of drug-likeness (QED) is 0.755. The van der Waals surface area contributed by atoms with Crippen LogP contribution in [-0.2, 0) is 0 Å². The number of fused-ring (bicyclic) bond motifs is 1. The summed E-state index contributed by atoms with van der Waals surface area (Å²) >= 11 is 0. The lowest BCUT2D eigenvalue weighted by molar-refractivity contribution is 0.391. The molecule has 1 N–H and O–H groups in total. The Hall–Kier alpha value is -1.96. The second-order valence-corrected chi connectivity index (χ2v) is 3.33. The van der Waals surface area contributed by atoms with Gasteiger partial charge in [-0.1, -0.05) is 42.5 Å². The molecule has 2 aromatic carbocycles. The molecule has 15 heavy (non-hydrogen) atoms. The number of hydrogen-bond donors (Lipinski definition) is 1. The van der Waals surface area contributed by atoms with Crippen LogP contribution >= 0.6 is 0 Å². The molecule has 1 aliphatic heterocycles. The van der Waals surface area contributed by atoms with Gasteiger partial charge in [0.25, 0.3) is 6.23 Å². The molecule has 3 rings (SSSR count). The molecule has 1 heterocycles. The van der Waals surface area contributed by atoms with Crippen molar-refractivity contribution < 1.29 is 4.74 Å². The predicted octanol–water partition coefficient (Wildman–Crippen LogP) is 2.83. The minimum Gasteiger partial charge on any atom is -0.455 e. The molecule has 0 bridgehead atoms. The Balaban J connectivity index is 1.91. The topological polar surface area (TPSA) is 21.3 Å². The molecule has 2 nitrogen and oxygen atoms in total. The van der Waals surface area contributed by atoms with E-state index in [4.69, 9.17) is 4.74 Å². The van der Waals surface area contributed by atoms with Crippen LogP contribution in [0.2, 0.25) is 0 Å². The smallest absolute Gasteiger partial charge is 0.271 e. The molecular weight excluding hydrogens is 186 g/mol. The zero-order valence-corrected chi connectivity index (χ0v) is 8.03. The van der Waals surface area contributed by atoms with E-state index in [9.17, 15) is 0 Å². The van der Waals surface area contributed by atoms with Gasteiger partial charge in [0.15, 0.2) is 0 Å². The molecule has 2 radical (unpaired) electrons. The number of anilines is 1. The lowest BCUT2D eigenvalue weighted by Crippen LogP contribution is -2.10. The fourth-order valence-corrected chi connectivity index (χ4v) is 1.57. The van der Waals surface area contributed by atoms with Crippen LogP contribution in [0, 0.1) is 12.3 Å². The van der Waals surface area contributed by atoms with Crippen molar-refractivity contribution >= 4 is 5.69 Å². The van der Waals surface area contributed by atoms with Gasteiger partial charge < -0.3 is 10.1 Å². The third-order valence-corrected chi connectivity index (χ3v) is 2.30. The van der Waals surface area contributed by atoms with E-state index in [1.165, 1.54) is 0 Å². The van der Waals surface area contributed by atoms with Crippen molar-refractivity contribution in [2.24, 2.45) is 0 Å². The summed E-state index contributed by atoms with van der Waals surface area (Å²) in [5.74, 6) is 0.830. The summed E-state index contributed by atoms with van der Waals surface area (Å²) in [6, 6.07) is 18.8. The SMILES string of the molecule is [c]1cccc2c1N[C](c1ccccc1)O2. The fourth-order valence-electron chi connectivity index (χ4n) is 1.57. The van der Waals surface area contributed by atoms with Crippen LogP contribution in [0.1, 0.15) is 5.56 Å². The highest BCUT2D eigenvalue weighted by Crippen LogP contribution is 2.36. The van der Waals surface area contributed by atoms with E-state index in [0.717, 1.165) is 23.2 Å². The highest BCUT2D eigenvalue weighted by molar-refractivity contribution is 5.64. The Bertz CT molecular complexity index is 442. The van der Waals surface area contributed by atoms with Crippen LogP contribution in [0.4, 0.5) is 5.69 Å². The van der Waals surface area contributed by atoms with Crippen molar-refractivity contribution in [2.75, 3.05) is 5.32 Å². The van der Waals surface area contributed by atoms with Gasteiger partial charge in [0.2, 0.25) is 0 Å². The van der Waals surface area contributed by atoms with Gasteiger partial charge in [0.05, 0.1) is 5.69 Å². The highest BCUT2D eigenvalue weighted by Gasteiger charge is 2.24. The van der Waals surface area contributed by atoms with Gasteiger partial charge in [-0.05, 0) is 6.07 Å². The lowest BCUT2D eigenvalue weighted by Gasteiger charge is -2.08. The normalized spacial score (nSPS) is 14.1. The van der Waals surface area contributed by atoms with E-state index in [2.05, 4.69) is 11.4 Å². The zero-order valence-electron chi connectivity index (χ0n) is 8.03. The van der Waals surface area contributed by atoms with Crippen molar-refractivity contribution in [3.63, 3.8) is 0 Å². The average molecular weight is 195 g/mol. The molecule has 2 heteroatoms. The monoisotopic (exact) mass is 195 g/mol. The van der Waals surface area contributed by atoms with Crippen LogP contribution < -0.4 is 10.1 Å². The molecule has 0 aliphatic carbocycles. The van der Waals surface area contributed by atoms with Crippen molar-refractivity contribution in [2.45, 2.75) is 0 Å². The minimum absolute atomic E-state index is 0.771. The summed E-state index contributed by atoms with van der Waals surface area (Å²) in [6.45, 7) is 0. The van der Waals surface area contributed by atoms with Gasteiger partial charge in [-0.25, -0.2) is 0 Å². The summed E-state index contributed by atoms with van der Waals surface area (Å²) in [6.07, 6.45) is 0.771. The molecule has 0 saturated carbocycles. The van der Waals surface area contributed by atoms with Crippen LogP contribution in [0.25, 0.3) is 0 Å². The Labute approximate surface area is 88.5 Å². The van der Waals surface area contributed by atoms with E-state index in [-0.39, 0.29) is 0 Å². The summed E-state index contributed by atoms with van der Waals surface area (Å²) in [5, 5.41) is 3.19. The summed E-state index contributed by atoms with van der Waals surface area (Å²) in [5.41, 5.74) is 1.94. The van der Waals surface area contributed by atoms with E-state index < -0.39 is 0 Å². The molecule has 0 fully saturated rings. The molecule has 0 unspecified atom stereocenters. The largest absolute Gasteiger partial charge is 0.455 e.